The molecule has 0 aromatic rings. The third kappa shape index (κ3) is 68.6. The largest absolute Gasteiger partial charge is 0.462 e. The maximum absolute atomic E-state index is 12.9. The van der Waals surface area contributed by atoms with E-state index >= 15 is 0 Å². The monoisotopic (exact) mass is 1140 g/mol. The summed E-state index contributed by atoms with van der Waals surface area (Å²) < 4.78 is 17.0. The van der Waals surface area contributed by atoms with Gasteiger partial charge in [-0.1, -0.05) is 373 Å². The van der Waals surface area contributed by atoms with E-state index in [-0.39, 0.29) is 31.1 Å². The first-order valence-corrected chi connectivity index (χ1v) is 36.8. The van der Waals surface area contributed by atoms with Gasteiger partial charge in [-0.05, 0) is 51.4 Å². The van der Waals surface area contributed by atoms with E-state index in [1.54, 1.807) is 0 Å². The van der Waals surface area contributed by atoms with Gasteiger partial charge in [-0.2, -0.15) is 0 Å². The summed E-state index contributed by atoms with van der Waals surface area (Å²) in [5.74, 6) is -0.826. The van der Waals surface area contributed by atoms with Gasteiger partial charge >= 0.3 is 17.9 Å². The van der Waals surface area contributed by atoms with E-state index in [1.165, 1.54) is 315 Å². The Hall–Kier alpha value is -2.11. The Balaban J connectivity index is 4.13. The topological polar surface area (TPSA) is 78.9 Å². The fraction of sp³-hybridized carbons (Fsp3) is 0.907. The third-order valence-corrected chi connectivity index (χ3v) is 17.0. The van der Waals surface area contributed by atoms with Gasteiger partial charge in [0.05, 0.1) is 0 Å². The van der Waals surface area contributed by atoms with Crippen molar-refractivity contribution in [2.45, 2.75) is 425 Å². The summed E-state index contributed by atoms with van der Waals surface area (Å²) in [6, 6.07) is 0. The molecule has 0 aliphatic rings. The highest BCUT2D eigenvalue weighted by Crippen LogP contribution is 2.19. The zero-order valence-electron chi connectivity index (χ0n) is 55.1. The molecule has 1 atom stereocenters. The summed E-state index contributed by atoms with van der Waals surface area (Å²) in [5.41, 5.74) is 0. The van der Waals surface area contributed by atoms with Gasteiger partial charge in [-0.15, -0.1) is 0 Å². The molecule has 0 saturated heterocycles. The van der Waals surface area contributed by atoms with E-state index < -0.39 is 6.10 Å². The molecule has 478 valence electrons. The fourth-order valence-corrected chi connectivity index (χ4v) is 11.4. The van der Waals surface area contributed by atoms with Crippen LogP contribution in [0.3, 0.4) is 0 Å². The summed E-state index contributed by atoms with van der Waals surface area (Å²) in [6.07, 6.45) is 86.5. The van der Waals surface area contributed by atoms with Crippen LogP contribution >= 0.6 is 0 Å². The zero-order chi connectivity index (χ0) is 58.5. The molecular formula is C75H142O6. The molecule has 0 amide bonds. The minimum absolute atomic E-state index is 0.0628. The molecule has 0 aromatic heterocycles. The van der Waals surface area contributed by atoms with Crippen molar-refractivity contribution >= 4 is 17.9 Å². The van der Waals surface area contributed by atoms with Crippen LogP contribution < -0.4 is 0 Å². The normalized spacial score (nSPS) is 12.1. The predicted octanol–water partition coefficient (Wildman–Crippen LogP) is 25.3. The molecule has 0 N–H and O–H groups in total. The van der Waals surface area contributed by atoms with Crippen molar-refractivity contribution in [3.8, 4) is 0 Å². The molecule has 0 saturated carbocycles. The maximum Gasteiger partial charge on any atom is 0.306 e. The molecule has 0 fully saturated rings. The average Bonchev–Trinajstić information content (AvgIpc) is 3.46. The van der Waals surface area contributed by atoms with Gasteiger partial charge in [0.15, 0.2) is 6.10 Å². The van der Waals surface area contributed by atoms with E-state index in [2.05, 4.69) is 45.1 Å². The Bertz CT molecular complexity index is 1310. The van der Waals surface area contributed by atoms with E-state index in [9.17, 15) is 14.4 Å². The molecule has 6 heteroatoms. The molecule has 1 unspecified atom stereocenters. The molecule has 0 heterocycles. The number of rotatable bonds is 69. The van der Waals surface area contributed by atoms with Crippen molar-refractivity contribution in [2.75, 3.05) is 13.2 Å². The van der Waals surface area contributed by atoms with Crippen LogP contribution in [0.25, 0.3) is 0 Å². The van der Waals surface area contributed by atoms with Crippen LogP contribution in [0.1, 0.15) is 419 Å². The number of carbonyl (C=O) groups is 3. The molecular weight excluding hydrogens is 997 g/mol. The molecule has 0 radical (unpaired) electrons. The Morgan fingerprint density at radius 1 is 0.247 bits per heavy atom. The van der Waals surface area contributed by atoms with Crippen molar-refractivity contribution in [1.82, 2.24) is 0 Å². The van der Waals surface area contributed by atoms with Gasteiger partial charge in [0.1, 0.15) is 13.2 Å². The molecule has 0 aliphatic heterocycles. The number of carbonyl (C=O) groups excluding carboxylic acids is 3. The van der Waals surface area contributed by atoms with Gasteiger partial charge in [0, 0.05) is 19.3 Å². The maximum atomic E-state index is 12.9. The molecule has 81 heavy (non-hydrogen) atoms. The van der Waals surface area contributed by atoms with Gasteiger partial charge in [0.25, 0.3) is 0 Å². The fourth-order valence-electron chi connectivity index (χ4n) is 11.4. The van der Waals surface area contributed by atoms with Gasteiger partial charge < -0.3 is 14.2 Å². The minimum Gasteiger partial charge on any atom is -0.462 e. The lowest BCUT2D eigenvalue weighted by Gasteiger charge is -2.18. The highest BCUT2D eigenvalue weighted by Gasteiger charge is 2.20. The summed E-state index contributed by atoms with van der Waals surface area (Å²) in [5, 5.41) is 0. The highest BCUT2D eigenvalue weighted by atomic mass is 16.6. The Morgan fingerprint density at radius 3 is 0.679 bits per heavy atom. The number of hydrogen-bond acceptors (Lipinski definition) is 6. The molecule has 0 spiro atoms. The lowest BCUT2D eigenvalue weighted by atomic mass is 10.0. The van der Waals surface area contributed by atoms with Crippen LogP contribution in [-0.4, -0.2) is 37.2 Å². The smallest absolute Gasteiger partial charge is 0.306 e. The van der Waals surface area contributed by atoms with Crippen LogP contribution in [0.15, 0.2) is 24.3 Å². The Morgan fingerprint density at radius 2 is 0.444 bits per heavy atom. The first kappa shape index (κ1) is 78.9. The number of ether oxygens (including phenoxy) is 3. The van der Waals surface area contributed by atoms with E-state index in [0.29, 0.717) is 19.3 Å². The highest BCUT2D eigenvalue weighted by molar-refractivity contribution is 5.71. The van der Waals surface area contributed by atoms with Crippen LogP contribution in [-0.2, 0) is 28.6 Å². The average molecular weight is 1140 g/mol. The van der Waals surface area contributed by atoms with Gasteiger partial charge in [0.2, 0.25) is 0 Å². The van der Waals surface area contributed by atoms with Crippen molar-refractivity contribution in [1.29, 1.82) is 0 Å². The quantitative estimate of drug-likeness (QED) is 0.0261. The minimum atomic E-state index is -0.766. The van der Waals surface area contributed by atoms with Crippen molar-refractivity contribution in [3.63, 3.8) is 0 Å². The van der Waals surface area contributed by atoms with Crippen LogP contribution in [0.5, 0.6) is 0 Å². The molecule has 0 aromatic carbocycles. The molecule has 0 bridgehead atoms. The lowest BCUT2D eigenvalue weighted by molar-refractivity contribution is -0.167. The Labute approximate surface area is 506 Å². The Kier molecular flexibility index (Phi) is 68.5. The van der Waals surface area contributed by atoms with Crippen molar-refractivity contribution < 1.29 is 28.6 Å². The van der Waals surface area contributed by atoms with Gasteiger partial charge in [-0.25, -0.2) is 0 Å². The van der Waals surface area contributed by atoms with Crippen LogP contribution in [0.4, 0.5) is 0 Å². The van der Waals surface area contributed by atoms with Crippen LogP contribution in [0.2, 0.25) is 0 Å². The van der Waals surface area contributed by atoms with E-state index in [0.717, 1.165) is 64.2 Å². The summed E-state index contributed by atoms with van der Waals surface area (Å²) in [6.45, 7) is 6.72. The standard InChI is InChI=1S/C75H142O6/c1-4-7-10-13-16-19-22-25-27-29-31-32-33-34-35-36-37-38-39-40-41-42-44-45-47-50-53-56-59-62-65-68-74(77)80-71-72(70-79-73(76)67-64-61-58-55-52-49-24-21-18-15-12-9-6-3)81-75(78)69-66-63-60-57-54-51-48-46-43-30-28-26-23-20-17-14-11-8-5-2/h22,25,29,31,72H,4-21,23-24,26-28,30,32-71H2,1-3H3/b25-22-,31-29-. The van der Waals surface area contributed by atoms with Crippen molar-refractivity contribution in [3.05, 3.63) is 24.3 Å². The second-order valence-electron chi connectivity index (χ2n) is 25.2. The number of hydrogen-bond donors (Lipinski definition) is 0. The molecule has 6 nitrogen and oxygen atoms in total. The van der Waals surface area contributed by atoms with E-state index in [4.69, 9.17) is 14.2 Å². The second-order valence-corrected chi connectivity index (χ2v) is 25.2. The first-order chi connectivity index (χ1) is 40.0. The second kappa shape index (κ2) is 70.4. The van der Waals surface area contributed by atoms with Crippen molar-refractivity contribution in [2.24, 2.45) is 0 Å². The zero-order valence-corrected chi connectivity index (χ0v) is 55.1. The van der Waals surface area contributed by atoms with E-state index in [1.807, 2.05) is 0 Å². The lowest BCUT2D eigenvalue weighted by Crippen LogP contribution is -2.30. The van der Waals surface area contributed by atoms with Gasteiger partial charge in [-0.3, -0.25) is 14.4 Å². The molecule has 0 rings (SSSR count). The summed E-state index contributed by atoms with van der Waals surface area (Å²) >= 11 is 0. The SMILES string of the molecule is CCCCCCC/C=C\C/C=C\CCCCCCCCCCCCCCCCCCCCCC(=O)OCC(COC(=O)CCCCCCCCCCCCCCC)OC(=O)CCCCCCCCCCCCCCCCCCCCC. The summed E-state index contributed by atoms with van der Waals surface area (Å²) in [4.78, 5) is 38.4. The number of allylic oxidation sites excluding steroid dienone is 4. The predicted molar refractivity (Wildman–Crippen MR) is 353 cm³/mol. The number of esters is 3. The number of unbranched alkanes of at least 4 members (excludes halogenated alkanes) is 54. The first-order valence-electron chi connectivity index (χ1n) is 36.8. The molecule has 0 aliphatic carbocycles. The van der Waals surface area contributed by atoms with Crippen LogP contribution in [0, 0.1) is 0 Å². The third-order valence-electron chi connectivity index (χ3n) is 17.0. The summed E-state index contributed by atoms with van der Waals surface area (Å²) in [7, 11) is 0.